The number of carbonyl (C=O) groups is 1. The number of carbonyl (C=O) groups excluding carboxylic acids is 1. The summed E-state index contributed by atoms with van der Waals surface area (Å²) in [4.78, 5) is 20.6. The molecule has 0 atom stereocenters. The van der Waals surface area contributed by atoms with Gasteiger partial charge in [-0.15, -0.1) is 0 Å². The zero-order chi connectivity index (χ0) is 13.7. The molecule has 0 aliphatic heterocycles. The molecule has 0 saturated heterocycles. The van der Waals surface area contributed by atoms with Crippen molar-refractivity contribution < 1.29 is 9.53 Å². The van der Waals surface area contributed by atoms with Crippen LogP contribution in [0.5, 0.6) is 0 Å². The van der Waals surface area contributed by atoms with Crippen molar-refractivity contribution >= 4 is 5.97 Å². The molecule has 98 valence electrons. The summed E-state index contributed by atoms with van der Waals surface area (Å²) in [6.45, 7) is 4.12. The molecule has 0 aliphatic rings. The summed E-state index contributed by atoms with van der Waals surface area (Å²) in [5, 5.41) is 0. The van der Waals surface area contributed by atoms with Crippen molar-refractivity contribution in [1.29, 1.82) is 0 Å². The molecular weight excluding hydrogens is 240 g/mol. The molecule has 19 heavy (non-hydrogen) atoms. The van der Waals surface area contributed by atoms with Crippen LogP contribution in [-0.4, -0.2) is 22.5 Å². The highest BCUT2D eigenvalue weighted by Gasteiger charge is 2.14. The van der Waals surface area contributed by atoms with E-state index in [1.54, 1.807) is 25.3 Å². The summed E-state index contributed by atoms with van der Waals surface area (Å²) in [5.74, 6) is -0.320. The topological polar surface area (TPSA) is 52.1 Å². The van der Waals surface area contributed by atoms with E-state index in [0.29, 0.717) is 18.6 Å². The number of hydrogen-bond acceptors (Lipinski definition) is 4. The van der Waals surface area contributed by atoms with Crippen LogP contribution in [0.4, 0.5) is 0 Å². The van der Waals surface area contributed by atoms with Crippen LogP contribution in [0.25, 0.3) is 11.4 Å². The molecular formula is C15H16N2O2. The molecule has 4 nitrogen and oxygen atoms in total. The summed E-state index contributed by atoms with van der Waals surface area (Å²) in [6.07, 6.45) is 2.40. The monoisotopic (exact) mass is 256 g/mol. The van der Waals surface area contributed by atoms with Gasteiger partial charge in [0.2, 0.25) is 0 Å². The van der Waals surface area contributed by atoms with Gasteiger partial charge in [-0.2, -0.15) is 0 Å². The Kier molecular flexibility index (Phi) is 4.23. The van der Waals surface area contributed by atoms with Crippen molar-refractivity contribution in [2.24, 2.45) is 0 Å². The second kappa shape index (κ2) is 6.09. The highest BCUT2D eigenvalue weighted by atomic mass is 16.5. The second-order valence-corrected chi connectivity index (χ2v) is 3.98. The molecule has 0 saturated carbocycles. The van der Waals surface area contributed by atoms with Gasteiger partial charge in [0.25, 0.3) is 0 Å². The van der Waals surface area contributed by atoms with Crippen LogP contribution in [0.3, 0.4) is 0 Å². The Morgan fingerprint density at radius 2 is 2.00 bits per heavy atom. The molecule has 2 aromatic heterocycles. The fraction of sp³-hybridized carbons (Fsp3) is 0.267. The molecule has 0 N–H and O–H groups in total. The van der Waals surface area contributed by atoms with Gasteiger partial charge < -0.3 is 4.74 Å². The van der Waals surface area contributed by atoms with Crippen LogP contribution in [0.2, 0.25) is 0 Å². The lowest BCUT2D eigenvalue weighted by molar-refractivity contribution is 0.0524. The van der Waals surface area contributed by atoms with Crippen molar-refractivity contribution in [3.05, 3.63) is 47.8 Å². The number of pyridine rings is 2. The predicted octanol–water partition coefficient (Wildman–Crippen LogP) is 2.88. The summed E-state index contributed by atoms with van der Waals surface area (Å²) in [6, 6.07) is 9.22. The molecule has 0 amide bonds. The Morgan fingerprint density at radius 1 is 1.16 bits per heavy atom. The average Bonchev–Trinajstić information content (AvgIpc) is 2.47. The quantitative estimate of drug-likeness (QED) is 0.789. The van der Waals surface area contributed by atoms with Crippen LogP contribution < -0.4 is 0 Å². The Bertz CT molecular complexity index is 568. The summed E-state index contributed by atoms with van der Waals surface area (Å²) in [7, 11) is 0. The normalized spacial score (nSPS) is 10.2. The SMILES string of the molecule is CCOC(=O)c1ccc(-c2ccccn2)nc1CC. The van der Waals surface area contributed by atoms with Gasteiger partial charge in [0.15, 0.2) is 0 Å². The van der Waals surface area contributed by atoms with E-state index in [4.69, 9.17) is 4.74 Å². The number of hydrogen-bond donors (Lipinski definition) is 0. The highest BCUT2D eigenvalue weighted by molar-refractivity contribution is 5.91. The maximum absolute atomic E-state index is 11.8. The van der Waals surface area contributed by atoms with E-state index in [0.717, 1.165) is 17.1 Å². The Morgan fingerprint density at radius 3 is 2.63 bits per heavy atom. The highest BCUT2D eigenvalue weighted by Crippen LogP contribution is 2.18. The third kappa shape index (κ3) is 2.96. The van der Waals surface area contributed by atoms with Crippen LogP contribution in [0, 0.1) is 0 Å². The standard InChI is InChI=1S/C15H16N2O2/c1-3-12-11(15(18)19-4-2)8-9-14(17-12)13-7-5-6-10-16-13/h5-10H,3-4H2,1-2H3. The lowest BCUT2D eigenvalue weighted by Gasteiger charge is -2.08. The van der Waals surface area contributed by atoms with Gasteiger partial charge in [-0.25, -0.2) is 4.79 Å². The van der Waals surface area contributed by atoms with Crippen molar-refractivity contribution in [3.8, 4) is 11.4 Å². The smallest absolute Gasteiger partial charge is 0.339 e. The summed E-state index contributed by atoms with van der Waals surface area (Å²) >= 11 is 0. The third-order valence-corrected chi connectivity index (χ3v) is 2.73. The molecule has 0 radical (unpaired) electrons. The van der Waals surface area contributed by atoms with Crippen molar-refractivity contribution in [2.75, 3.05) is 6.61 Å². The minimum atomic E-state index is -0.320. The molecule has 0 aromatic carbocycles. The molecule has 4 heteroatoms. The molecule has 0 unspecified atom stereocenters. The lowest BCUT2D eigenvalue weighted by Crippen LogP contribution is -2.09. The van der Waals surface area contributed by atoms with Crippen LogP contribution in [-0.2, 0) is 11.2 Å². The maximum atomic E-state index is 11.8. The number of aromatic nitrogens is 2. The fourth-order valence-electron chi connectivity index (χ4n) is 1.82. The van der Waals surface area contributed by atoms with E-state index in [2.05, 4.69) is 9.97 Å². The van der Waals surface area contributed by atoms with Crippen LogP contribution in [0.15, 0.2) is 36.5 Å². The molecule has 0 fully saturated rings. The van der Waals surface area contributed by atoms with Crippen molar-refractivity contribution in [3.63, 3.8) is 0 Å². The zero-order valence-corrected chi connectivity index (χ0v) is 11.1. The Balaban J connectivity index is 2.39. The first-order valence-corrected chi connectivity index (χ1v) is 6.34. The van der Waals surface area contributed by atoms with Gasteiger partial charge in [0, 0.05) is 6.20 Å². The van der Waals surface area contributed by atoms with E-state index in [1.807, 2.05) is 25.1 Å². The summed E-state index contributed by atoms with van der Waals surface area (Å²) < 4.78 is 5.02. The minimum absolute atomic E-state index is 0.320. The van der Waals surface area contributed by atoms with Gasteiger partial charge in [-0.05, 0) is 37.6 Å². The van der Waals surface area contributed by atoms with E-state index in [1.165, 1.54) is 0 Å². The minimum Gasteiger partial charge on any atom is -0.462 e. The van der Waals surface area contributed by atoms with Gasteiger partial charge in [-0.3, -0.25) is 9.97 Å². The predicted molar refractivity (Wildman–Crippen MR) is 72.8 cm³/mol. The number of ether oxygens (including phenoxy) is 1. The van der Waals surface area contributed by atoms with Crippen LogP contribution >= 0.6 is 0 Å². The second-order valence-electron chi connectivity index (χ2n) is 3.98. The van der Waals surface area contributed by atoms with E-state index in [9.17, 15) is 4.79 Å². The first kappa shape index (κ1) is 13.2. The first-order valence-electron chi connectivity index (χ1n) is 6.34. The third-order valence-electron chi connectivity index (χ3n) is 2.73. The number of esters is 1. The zero-order valence-electron chi connectivity index (χ0n) is 11.1. The number of rotatable bonds is 4. The summed E-state index contributed by atoms with van der Waals surface area (Å²) in [5.41, 5.74) is 2.84. The maximum Gasteiger partial charge on any atom is 0.339 e. The molecule has 2 heterocycles. The van der Waals surface area contributed by atoms with Gasteiger partial charge in [0.1, 0.15) is 0 Å². The van der Waals surface area contributed by atoms with Crippen molar-refractivity contribution in [1.82, 2.24) is 9.97 Å². The molecule has 2 aromatic rings. The van der Waals surface area contributed by atoms with Crippen molar-refractivity contribution in [2.45, 2.75) is 20.3 Å². The number of aryl methyl sites for hydroxylation is 1. The largest absolute Gasteiger partial charge is 0.462 e. The first-order chi connectivity index (χ1) is 9.26. The Hall–Kier alpha value is -2.23. The molecule has 2 rings (SSSR count). The number of nitrogens with zero attached hydrogens (tertiary/aromatic N) is 2. The average molecular weight is 256 g/mol. The molecule has 0 bridgehead atoms. The fourth-order valence-corrected chi connectivity index (χ4v) is 1.82. The lowest BCUT2D eigenvalue weighted by atomic mass is 10.1. The van der Waals surface area contributed by atoms with Crippen LogP contribution in [0.1, 0.15) is 29.9 Å². The van der Waals surface area contributed by atoms with Gasteiger partial charge in [0.05, 0.1) is 29.3 Å². The van der Waals surface area contributed by atoms with E-state index < -0.39 is 0 Å². The van der Waals surface area contributed by atoms with E-state index >= 15 is 0 Å². The Labute approximate surface area is 112 Å². The van der Waals surface area contributed by atoms with E-state index in [-0.39, 0.29) is 5.97 Å². The molecule has 0 aliphatic carbocycles. The molecule has 0 spiro atoms. The van der Waals surface area contributed by atoms with Gasteiger partial charge in [-0.1, -0.05) is 13.0 Å². The van der Waals surface area contributed by atoms with Gasteiger partial charge >= 0.3 is 5.97 Å².